The summed E-state index contributed by atoms with van der Waals surface area (Å²) in [4.78, 5) is 29.0. The van der Waals surface area contributed by atoms with Crippen molar-refractivity contribution in [1.29, 1.82) is 0 Å². The molecule has 136 valence electrons. The van der Waals surface area contributed by atoms with Crippen molar-refractivity contribution in [3.8, 4) is 0 Å². The molecule has 1 unspecified atom stereocenters. The summed E-state index contributed by atoms with van der Waals surface area (Å²) in [5.41, 5.74) is 2.75. The summed E-state index contributed by atoms with van der Waals surface area (Å²) in [6.45, 7) is 3.96. The third-order valence-corrected chi connectivity index (χ3v) is 6.57. The van der Waals surface area contributed by atoms with Crippen LogP contribution in [-0.4, -0.2) is 29.8 Å². The second-order valence-corrected chi connectivity index (χ2v) is 8.57. The summed E-state index contributed by atoms with van der Waals surface area (Å²) in [5.74, 6) is 0.727. The van der Waals surface area contributed by atoms with E-state index in [4.69, 9.17) is 0 Å². The van der Waals surface area contributed by atoms with Crippen LogP contribution in [0, 0.1) is 5.92 Å². The predicted molar refractivity (Wildman–Crippen MR) is 105 cm³/mol. The van der Waals surface area contributed by atoms with E-state index in [1.807, 2.05) is 17.0 Å². The van der Waals surface area contributed by atoms with Gasteiger partial charge in [-0.3, -0.25) is 9.59 Å². The molecule has 4 nitrogen and oxygen atoms in total. The molecule has 0 saturated carbocycles. The molecular weight excluding hydrogens is 344 g/mol. The van der Waals surface area contributed by atoms with E-state index in [9.17, 15) is 9.59 Å². The zero-order valence-electron chi connectivity index (χ0n) is 15.1. The smallest absolute Gasteiger partial charge is 0.265 e. The Morgan fingerprint density at radius 3 is 2.62 bits per heavy atom. The molecule has 5 heteroatoms. The van der Waals surface area contributed by atoms with Crippen molar-refractivity contribution < 1.29 is 9.59 Å². The zero-order chi connectivity index (χ0) is 18.1. The first-order chi connectivity index (χ1) is 12.6. The van der Waals surface area contributed by atoms with Gasteiger partial charge in [0.25, 0.3) is 11.8 Å². The molecule has 2 amide bonds. The quantitative estimate of drug-likeness (QED) is 0.875. The molecule has 1 atom stereocenters. The van der Waals surface area contributed by atoms with Gasteiger partial charge in [-0.2, -0.15) is 0 Å². The minimum absolute atomic E-state index is 0.0596. The molecule has 0 bridgehead atoms. The lowest BCUT2D eigenvalue weighted by Crippen LogP contribution is -2.27. The molecule has 1 fully saturated rings. The van der Waals surface area contributed by atoms with E-state index < -0.39 is 0 Å². The van der Waals surface area contributed by atoms with Crippen LogP contribution in [0.1, 0.15) is 56.7 Å². The molecule has 4 rings (SSSR count). The first kappa shape index (κ1) is 17.3. The fourth-order valence-corrected chi connectivity index (χ4v) is 4.91. The van der Waals surface area contributed by atoms with Crippen molar-refractivity contribution in [2.75, 3.05) is 18.4 Å². The second-order valence-electron chi connectivity index (χ2n) is 7.44. The number of likely N-dealkylation sites (tertiary alicyclic amines) is 1. The Kier molecular flexibility index (Phi) is 4.81. The molecule has 1 aliphatic carbocycles. The maximum Gasteiger partial charge on any atom is 0.265 e. The van der Waals surface area contributed by atoms with Crippen molar-refractivity contribution in [2.24, 2.45) is 5.92 Å². The summed E-state index contributed by atoms with van der Waals surface area (Å²) >= 11 is 1.62. The summed E-state index contributed by atoms with van der Waals surface area (Å²) in [6, 6.07) is 9.29. The summed E-state index contributed by atoms with van der Waals surface area (Å²) in [6.07, 6.45) is 5.54. The summed E-state index contributed by atoms with van der Waals surface area (Å²) in [7, 11) is 0. The number of anilines is 1. The number of nitrogens with zero attached hydrogens (tertiary/aromatic N) is 1. The monoisotopic (exact) mass is 368 g/mol. The van der Waals surface area contributed by atoms with Gasteiger partial charge in [0, 0.05) is 29.2 Å². The standard InChI is InChI=1S/C21H24N2O2S/c1-14-4-9-18-16(12-14)13-19(26-18)20(24)22-17-7-5-15(6-8-17)21(25)23-10-2-3-11-23/h5-8,13-14H,2-4,9-12H2,1H3,(H,22,24). The predicted octanol–water partition coefficient (Wildman–Crippen LogP) is 4.36. The number of thiophene rings is 1. The van der Waals surface area contributed by atoms with Crippen molar-refractivity contribution in [1.82, 2.24) is 4.90 Å². The van der Waals surface area contributed by atoms with Crippen LogP contribution in [0.5, 0.6) is 0 Å². The first-order valence-corrected chi connectivity index (χ1v) is 10.2. The Labute approximate surface area is 158 Å². The fourth-order valence-electron chi connectivity index (χ4n) is 3.81. The Morgan fingerprint density at radius 2 is 1.88 bits per heavy atom. The number of rotatable bonds is 3. The third-order valence-electron chi connectivity index (χ3n) is 5.34. The van der Waals surface area contributed by atoms with Gasteiger partial charge >= 0.3 is 0 Å². The van der Waals surface area contributed by atoms with Crippen molar-refractivity contribution >= 4 is 28.8 Å². The number of amides is 2. The minimum Gasteiger partial charge on any atom is -0.339 e. The molecule has 1 aromatic heterocycles. The van der Waals surface area contributed by atoms with E-state index in [0.29, 0.717) is 11.5 Å². The molecule has 0 spiro atoms. The Bertz CT molecular complexity index is 819. The largest absolute Gasteiger partial charge is 0.339 e. The number of hydrogen-bond acceptors (Lipinski definition) is 3. The number of nitrogens with one attached hydrogen (secondary N) is 1. The van der Waals surface area contributed by atoms with Gasteiger partial charge in [0.1, 0.15) is 0 Å². The normalized spacial score (nSPS) is 19.3. The SMILES string of the molecule is CC1CCc2sc(C(=O)Nc3ccc(C(=O)N4CCCC4)cc3)cc2C1. The molecule has 1 aromatic carbocycles. The lowest BCUT2D eigenvalue weighted by atomic mass is 9.90. The lowest BCUT2D eigenvalue weighted by Gasteiger charge is -2.16. The van der Waals surface area contributed by atoms with Crippen molar-refractivity contribution in [3.63, 3.8) is 0 Å². The van der Waals surface area contributed by atoms with Crippen LogP contribution in [0.4, 0.5) is 5.69 Å². The van der Waals surface area contributed by atoms with E-state index in [0.717, 1.165) is 49.3 Å². The van der Waals surface area contributed by atoms with Crippen LogP contribution < -0.4 is 5.32 Å². The molecule has 1 aliphatic heterocycles. The van der Waals surface area contributed by atoms with Crippen LogP contribution in [0.3, 0.4) is 0 Å². The van der Waals surface area contributed by atoms with Crippen LogP contribution in [-0.2, 0) is 12.8 Å². The van der Waals surface area contributed by atoms with E-state index in [1.54, 1.807) is 23.5 Å². The van der Waals surface area contributed by atoms with Gasteiger partial charge < -0.3 is 10.2 Å². The maximum atomic E-state index is 12.6. The van der Waals surface area contributed by atoms with Crippen LogP contribution >= 0.6 is 11.3 Å². The van der Waals surface area contributed by atoms with Gasteiger partial charge in [-0.1, -0.05) is 6.92 Å². The third kappa shape index (κ3) is 3.54. The van der Waals surface area contributed by atoms with Crippen molar-refractivity contribution in [3.05, 3.63) is 51.2 Å². The molecule has 26 heavy (non-hydrogen) atoms. The fraction of sp³-hybridized carbons (Fsp3) is 0.429. The second kappa shape index (κ2) is 7.23. The molecule has 1 N–H and O–H groups in total. The highest BCUT2D eigenvalue weighted by atomic mass is 32.1. The Hall–Kier alpha value is -2.14. The lowest BCUT2D eigenvalue weighted by molar-refractivity contribution is 0.0792. The van der Waals surface area contributed by atoms with Crippen LogP contribution in [0.15, 0.2) is 30.3 Å². The number of carbonyl (C=O) groups is 2. The van der Waals surface area contributed by atoms with E-state index in [-0.39, 0.29) is 11.8 Å². The average Bonchev–Trinajstić information content (AvgIpc) is 3.31. The van der Waals surface area contributed by atoms with Gasteiger partial charge in [0.15, 0.2) is 0 Å². The molecule has 0 radical (unpaired) electrons. The summed E-state index contributed by atoms with van der Waals surface area (Å²) < 4.78 is 0. The molecule has 2 aliphatic rings. The molecular formula is C21H24N2O2S. The number of hydrogen-bond donors (Lipinski definition) is 1. The summed E-state index contributed by atoms with van der Waals surface area (Å²) in [5, 5.41) is 2.96. The van der Waals surface area contributed by atoms with Crippen molar-refractivity contribution in [2.45, 2.75) is 39.0 Å². The first-order valence-electron chi connectivity index (χ1n) is 9.42. The number of aryl methyl sites for hydroxylation is 1. The highest BCUT2D eigenvalue weighted by molar-refractivity contribution is 7.14. The molecule has 2 aromatic rings. The average molecular weight is 369 g/mol. The topological polar surface area (TPSA) is 49.4 Å². The highest BCUT2D eigenvalue weighted by Crippen LogP contribution is 2.32. The van der Waals surface area contributed by atoms with Gasteiger partial charge in [-0.05, 0) is 73.9 Å². The van der Waals surface area contributed by atoms with E-state index >= 15 is 0 Å². The number of benzene rings is 1. The van der Waals surface area contributed by atoms with Gasteiger partial charge in [-0.25, -0.2) is 0 Å². The number of carbonyl (C=O) groups excluding carboxylic acids is 2. The zero-order valence-corrected chi connectivity index (χ0v) is 15.9. The van der Waals surface area contributed by atoms with Gasteiger partial charge in [0.05, 0.1) is 4.88 Å². The highest BCUT2D eigenvalue weighted by Gasteiger charge is 2.21. The number of fused-ring (bicyclic) bond motifs is 1. The molecule has 1 saturated heterocycles. The van der Waals surface area contributed by atoms with Gasteiger partial charge in [-0.15, -0.1) is 11.3 Å². The van der Waals surface area contributed by atoms with Crippen LogP contribution in [0.25, 0.3) is 0 Å². The van der Waals surface area contributed by atoms with Gasteiger partial charge in [0.2, 0.25) is 0 Å². The Balaban J connectivity index is 1.42. The van der Waals surface area contributed by atoms with E-state index in [1.165, 1.54) is 16.9 Å². The minimum atomic E-state index is -0.0596. The maximum absolute atomic E-state index is 12.6. The van der Waals surface area contributed by atoms with E-state index in [2.05, 4.69) is 18.3 Å². The van der Waals surface area contributed by atoms with Crippen LogP contribution in [0.2, 0.25) is 0 Å². The Morgan fingerprint density at radius 1 is 1.15 bits per heavy atom. The molecule has 2 heterocycles.